The van der Waals surface area contributed by atoms with E-state index < -0.39 is 23.1 Å². The van der Waals surface area contributed by atoms with Gasteiger partial charge in [0.05, 0.1) is 0 Å². The van der Waals surface area contributed by atoms with E-state index in [1.807, 2.05) is 6.07 Å². The Morgan fingerprint density at radius 2 is 2.04 bits per heavy atom. The number of carboxylic acid groups (broad SMARTS) is 1. The summed E-state index contributed by atoms with van der Waals surface area (Å²) in [6.45, 7) is 0.0869. The molecule has 1 aromatic rings. The van der Waals surface area contributed by atoms with Crippen LogP contribution in [-0.2, 0) is 16.1 Å². The minimum absolute atomic E-state index is 0.0202. The first kappa shape index (κ1) is 19.7. The minimum atomic E-state index is -1.22. The van der Waals surface area contributed by atoms with Gasteiger partial charge in [-0.25, -0.2) is 24.7 Å². The van der Waals surface area contributed by atoms with Crippen LogP contribution in [0.25, 0.3) is 0 Å². The van der Waals surface area contributed by atoms with Gasteiger partial charge in [0.1, 0.15) is 12.6 Å². The third kappa shape index (κ3) is 8.74. The molecule has 1 rings (SSSR count). The molecule has 25 heavy (non-hydrogen) atoms. The molecular weight excluding hydrogens is 334 g/mol. The van der Waals surface area contributed by atoms with Gasteiger partial charge in [-0.3, -0.25) is 0 Å². The number of aliphatic carboxylic acids is 1. The zero-order valence-electron chi connectivity index (χ0n) is 13.3. The molecule has 0 saturated heterocycles. The van der Waals surface area contributed by atoms with Crippen LogP contribution in [-0.4, -0.2) is 40.7 Å². The van der Waals surface area contributed by atoms with Gasteiger partial charge in [-0.1, -0.05) is 35.8 Å². The Labute approximate surface area is 143 Å². The number of alkyl carbamates (subject to hydrolysis) is 1. The van der Waals surface area contributed by atoms with Gasteiger partial charge in [0.25, 0.3) is 5.96 Å². The van der Waals surface area contributed by atoms with Crippen molar-refractivity contribution in [2.45, 2.75) is 25.5 Å². The standard InChI is InChI=1S/C14H19N5O6/c15-13(18-19(23)24)16-8-4-7-11(12(20)21)17-14(22)25-9-10-5-2-1-3-6-10/h1-3,5-6,11H,4,7-9H2,(H,17,22)(H,20,21)(H3,15,16,18). The van der Waals surface area contributed by atoms with Crippen LogP contribution in [0.15, 0.2) is 35.3 Å². The number of guanidine groups is 1. The van der Waals surface area contributed by atoms with Crippen LogP contribution in [0, 0.1) is 10.1 Å². The van der Waals surface area contributed by atoms with Crippen molar-refractivity contribution in [3.8, 4) is 0 Å². The predicted octanol–water partition coefficient (Wildman–Crippen LogP) is 0.242. The molecule has 0 aliphatic heterocycles. The van der Waals surface area contributed by atoms with Gasteiger partial charge in [-0.15, -0.1) is 0 Å². The fourth-order valence-electron chi connectivity index (χ4n) is 1.79. The van der Waals surface area contributed by atoms with E-state index in [0.29, 0.717) is 0 Å². The van der Waals surface area contributed by atoms with Crippen molar-refractivity contribution in [1.29, 1.82) is 0 Å². The van der Waals surface area contributed by atoms with E-state index in [-0.39, 0.29) is 32.0 Å². The molecule has 1 atom stereocenters. The number of carboxylic acids is 1. The first-order valence-corrected chi connectivity index (χ1v) is 7.29. The Hall–Kier alpha value is -3.37. The normalized spacial score (nSPS) is 12.1. The summed E-state index contributed by atoms with van der Waals surface area (Å²) in [6, 6.07) is 7.77. The zero-order chi connectivity index (χ0) is 18.7. The molecule has 11 heteroatoms. The van der Waals surface area contributed by atoms with Crippen molar-refractivity contribution in [1.82, 2.24) is 10.7 Å². The van der Waals surface area contributed by atoms with Gasteiger partial charge in [0.15, 0.2) is 5.03 Å². The Morgan fingerprint density at radius 1 is 1.36 bits per heavy atom. The molecule has 0 bridgehead atoms. The molecular formula is C14H19N5O6. The van der Waals surface area contributed by atoms with Crippen LogP contribution < -0.4 is 16.5 Å². The number of nitrogens with two attached hydrogens (primary N) is 1. The highest BCUT2D eigenvalue weighted by atomic mass is 16.7. The van der Waals surface area contributed by atoms with E-state index in [0.717, 1.165) is 5.56 Å². The summed E-state index contributed by atoms with van der Waals surface area (Å²) in [7, 11) is 0. The first-order valence-electron chi connectivity index (χ1n) is 7.29. The largest absolute Gasteiger partial charge is 0.480 e. The highest BCUT2D eigenvalue weighted by molar-refractivity contribution is 5.79. The summed E-state index contributed by atoms with van der Waals surface area (Å²) in [5, 5.41) is 20.6. The number of hydrazine groups is 1. The molecule has 0 aliphatic rings. The smallest absolute Gasteiger partial charge is 0.408 e. The minimum Gasteiger partial charge on any atom is -0.480 e. The first-order chi connectivity index (χ1) is 11.9. The Balaban J connectivity index is 2.37. The van der Waals surface area contributed by atoms with Gasteiger partial charge in [-0.05, 0) is 18.4 Å². The number of carbonyl (C=O) groups is 2. The second kappa shape index (κ2) is 10.4. The maximum absolute atomic E-state index is 11.7. The molecule has 0 heterocycles. The third-order valence-electron chi connectivity index (χ3n) is 2.94. The average Bonchev–Trinajstić information content (AvgIpc) is 2.55. The van der Waals surface area contributed by atoms with Crippen molar-refractivity contribution in [2.24, 2.45) is 10.7 Å². The average molecular weight is 353 g/mol. The van der Waals surface area contributed by atoms with E-state index in [9.17, 15) is 19.7 Å². The third-order valence-corrected chi connectivity index (χ3v) is 2.94. The molecule has 1 unspecified atom stereocenters. The molecule has 0 fully saturated rings. The van der Waals surface area contributed by atoms with E-state index >= 15 is 0 Å². The van der Waals surface area contributed by atoms with Gasteiger partial charge < -0.3 is 20.9 Å². The summed E-state index contributed by atoms with van der Waals surface area (Å²) < 4.78 is 4.95. The topological polar surface area (TPSA) is 169 Å². The number of carbonyl (C=O) groups excluding carboxylic acids is 1. The number of aliphatic imine (C=N–C) groups is 1. The summed E-state index contributed by atoms with van der Waals surface area (Å²) >= 11 is 0. The summed E-state index contributed by atoms with van der Waals surface area (Å²) in [5.74, 6) is -1.61. The second-order valence-electron chi connectivity index (χ2n) is 4.87. The molecule has 1 aromatic carbocycles. The van der Waals surface area contributed by atoms with Crippen molar-refractivity contribution < 1.29 is 24.5 Å². The Bertz CT molecular complexity index is 621. The predicted molar refractivity (Wildman–Crippen MR) is 87.0 cm³/mol. The van der Waals surface area contributed by atoms with Crippen LogP contribution >= 0.6 is 0 Å². The lowest BCUT2D eigenvalue weighted by atomic mass is 10.1. The quantitative estimate of drug-likeness (QED) is 0.161. The van der Waals surface area contributed by atoms with Gasteiger partial charge >= 0.3 is 12.1 Å². The number of ether oxygens (including phenoxy) is 1. The monoisotopic (exact) mass is 353 g/mol. The highest BCUT2D eigenvalue weighted by Crippen LogP contribution is 2.03. The van der Waals surface area contributed by atoms with Crippen LogP contribution in [0.3, 0.4) is 0 Å². The van der Waals surface area contributed by atoms with Crippen LogP contribution in [0.2, 0.25) is 0 Å². The number of hydrogen-bond acceptors (Lipinski definition) is 6. The van der Waals surface area contributed by atoms with Gasteiger partial charge in [0.2, 0.25) is 0 Å². The number of rotatable bonds is 9. The Morgan fingerprint density at radius 3 is 2.64 bits per heavy atom. The van der Waals surface area contributed by atoms with Crippen molar-refractivity contribution >= 4 is 18.0 Å². The molecule has 5 N–H and O–H groups in total. The zero-order valence-corrected chi connectivity index (χ0v) is 13.3. The molecule has 0 radical (unpaired) electrons. The van der Waals surface area contributed by atoms with Crippen molar-refractivity contribution in [3.63, 3.8) is 0 Å². The fourth-order valence-corrected chi connectivity index (χ4v) is 1.79. The van der Waals surface area contributed by atoms with Crippen molar-refractivity contribution in [2.75, 3.05) is 6.54 Å². The Kier molecular flexibility index (Phi) is 8.20. The maximum atomic E-state index is 11.7. The lowest BCUT2D eigenvalue weighted by molar-refractivity contribution is -0.525. The number of nitro groups is 1. The van der Waals surface area contributed by atoms with Crippen LogP contribution in [0.4, 0.5) is 4.79 Å². The SMILES string of the molecule is NC(=NCCCC(NC(=O)OCc1ccccc1)C(=O)O)N[N+](=O)[O-]. The van der Waals surface area contributed by atoms with Crippen molar-refractivity contribution in [3.05, 3.63) is 46.0 Å². The van der Waals surface area contributed by atoms with Gasteiger partial charge in [0, 0.05) is 6.54 Å². The lowest BCUT2D eigenvalue weighted by Gasteiger charge is -2.14. The van der Waals surface area contributed by atoms with E-state index in [1.165, 1.54) is 0 Å². The number of amides is 1. The lowest BCUT2D eigenvalue weighted by Crippen LogP contribution is -2.41. The summed E-state index contributed by atoms with van der Waals surface area (Å²) in [6.07, 6.45) is -0.546. The molecule has 1 amide bonds. The number of nitrogens with zero attached hydrogens (tertiary/aromatic N) is 2. The molecule has 0 spiro atoms. The number of benzene rings is 1. The molecule has 0 aliphatic carbocycles. The number of hydrogen-bond donors (Lipinski definition) is 4. The second-order valence-corrected chi connectivity index (χ2v) is 4.87. The maximum Gasteiger partial charge on any atom is 0.408 e. The van der Waals surface area contributed by atoms with Gasteiger partial charge in [-0.2, -0.15) is 0 Å². The molecule has 0 aromatic heterocycles. The highest BCUT2D eigenvalue weighted by Gasteiger charge is 2.20. The number of nitrogens with one attached hydrogen (secondary N) is 2. The van der Waals surface area contributed by atoms with E-state index in [4.69, 9.17) is 15.6 Å². The summed E-state index contributed by atoms with van der Waals surface area (Å²) in [5.41, 5.74) is 7.65. The molecule has 0 saturated carbocycles. The molecule has 11 nitrogen and oxygen atoms in total. The summed E-state index contributed by atoms with van der Waals surface area (Å²) in [4.78, 5) is 36.6. The van der Waals surface area contributed by atoms with Crippen LogP contribution in [0.5, 0.6) is 0 Å². The van der Waals surface area contributed by atoms with Crippen LogP contribution in [0.1, 0.15) is 18.4 Å². The van der Waals surface area contributed by atoms with E-state index in [2.05, 4.69) is 10.3 Å². The molecule has 136 valence electrons. The fraction of sp³-hybridized carbons (Fsp3) is 0.357. The van der Waals surface area contributed by atoms with E-state index in [1.54, 1.807) is 29.7 Å².